The van der Waals surface area contributed by atoms with Crippen LogP contribution in [0.15, 0.2) is 34.1 Å². The van der Waals surface area contributed by atoms with Gasteiger partial charge < -0.3 is 0 Å². The fourth-order valence-corrected chi connectivity index (χ4v) is 3.67. The van der Waals surface area contributed by atoms with Crippen molar-refractivity contribution in [1.82, 2.24) is 0 Å². The Morgan fingerprint density at radius 2 is 2.18 bits per heavy atom. The van der Waals surface area contributed by atoms with Crippen molar-refractivity contribution in [3.63, 3.8) is 0 Å². The van der Waals surface area contributed by atoms with E-state index < -0.39 is 0 Å². The summed E-state index contributed by atoms with van der Waals surface area (Å²) in [6, 6.07) is 7.36. The quantitative estimate of drug-likeness (QED) is 0.473. The third kappa shape index (κ3) is 3.53. The first-order valence-corrected chi connectivity index (χ1v) is 7.90. The molecule has 0 N–H and O–H groups in total. The fraction of sp³-hybridized carbons (Fsp3) is 0.0833. The van der Waals surface area contributed by atoms with Gasteiger partial charge in [-0.3, -0.25) is 4.79 Å². The van der Waals surface area contributed by atoms with E-state index in [1.54, 1.807) is 23.5 Å². The van der Waals surface area contributed by atoms with Crippen molar-refractivity contribution in [2.24, 2.45) is 0 Å². The van der Waals surface area contributed by atoms with E-state index in [4.69, 9.17) is 11.6 Å². The zero-order valence-corrected chi connectivity index (χ0v) is 13.9. The van der Waals surface area contributed by atoms with E-state index in [-0.39, 0.29) is 5.78 Å². The first kappa shape index (κ1) is 13.5. The standard InChI is InChI=1S/C12H7BrClIOS/c13-7-3-9(17-6-7)5-12(16)10-4-8(14)1-2-11(10)15/h1-4,6H,5H2. The summed E-state index contributed by atoms with van der Waals surface area (Å²) in [6.07, 6.45) is 0.423. The first-order valence-electron chi connectivity index (χ1n) is 4.77. The average molecular weight is 442 g/mol. The Bertz CT molecular complexity index is 567. The van der Waals surface area contributed by atoms with Crippen LogP contribution in [-0.4, -0.2) is 5.78 Å². The van der Waals surface area contributed by atoms with Crippen LogP contribution in [0.4, 0.5) is 0 Å². The molecule has 5 heteroatoms. The maximum atomic E-state index is 12.1. The van der Waals surface area contributed by atoms with Crippen molar-refractivity contribution in [3.8, 4) is 0 Å². The number of thiophene rings is 1. The van der Waals surface area contributed by atoms with Crippen LogP contribution in [0.5, 0.6) is 0 Å². The van der Waals surface area contributed by atoms with Gasteiger partial charge >= 0.3 is 0 Å². The topological polar surface area (TPSA) is 17.1 Å². The summed E-state index contributed by atoms with van der Waals surface area (Å²) in [5.74, 6) is 0.103. The lowest BCUT2D eigenvalue weighted by Gasteiger charge is -2.03. The number of rotatable bonds is 3. The maximum absolute atomic E-state index is 12.1. The molecular weight excluding hydrogens is 434 g/mol. The maximum Gasteiger partial charge on any atom is 0.169 e. The highest BCUT2D eigenvalue weighted by Crippen LogP contribution is 2.23. The summed E-state index contributed by atoms with van der Waals surface area (Å²) in [4.78, 5) is 13.2. The molecule has 0 bridgehead atoms. The van der Waals surface area contributed by atoms with E-state index in [9.17, 15) is 4.79 Å². The van der Waals surface area contributed by atoms with Gasteiger partial charge in [0.25, 0.3) is 0 Å². The van der Waals surface area contributed by atoms with Gasteiger partial charge in [0.1, 0.15) is 0 Å². The van der Waals surface area contributed by atoms with Gasteiger partial charge in [0, 0.05) is 35.3 Å². The van der Waals surface area contributed by atoms with Gasteiger partial charge in [-0.15, -0.1) is 11.3 Å². The van der Waals surface area contributed by atoms with Crippen LogP contribution in [0.25, 0.3) is 0 Å². The largest absolute Gasteiger partial charge is 0.294 e. The van der Waals surface area contributed by atoms with Gasteiger partial charge in [-0.05, 0) is 62.8 Å². The monoisotopic (exact) mass is 440 g/mol. The average Bonchev–Trinajstić information content (AvgIpc) is 2.67. The van der Waals surface area contributed by atoms with Gasteiger partial charge in [0.05, 0.1) is 0 Å². The van der Waals surface area contributed by atoms with Crippen LogP contribution in [0, 0.1) is 3.57 Å². The molecule has 1 heterocycles. The molecule has 0 saturated heterocycles. The zero-order chi connectivity index (χ0) is 12.4. The smallest absolute Gasteiger partial charge is 0.169 e. The molecule has 0 aliphatic carbocycles. The molecule has 0 radical (unpaired) electrons. The van der Waals surface area contributed by atoms with E-state index >= 15 is 0 Å². The van der Waals surface area contributed by atoms with Gasteiger partial charge in [-0.25, -0.2) is 0 Å². The molecule has 0 aliphatic rings. The third-order valence-electron chi connectivity index (χ3n) is 2.19. The summed E-state index contributed by atoms with van der Waals surface area (Å²) in [6.45, 7) is 0. The number of benzene rings is 1. The minimum absolute atomic E-state index is 0.103. The normalized spacial score (nSPS) is 10.5. The van der Waals surface area contributed by atoms with Crippen LogP contribution in [0.1, 0.15) is 15.2 Å². The van der Waals surface area contributed by atoms with Crippen molar-refractivity contribution in [1.29, 1.82) is 0 Å². The van der Waals surface area contributed by atoms with E-state index in [2.05, 4.69) is 38.5 Å². The van der Waals surface area contributed by atoms with Crippen LogP contribution < -0.4 is 0 Å². The van der Waals surface area contributed by atoms with Crippen LogP contribution in [0.2, 0.25) is 5.02 Å². The second-order valence-corrected chi connectivity index (χ2v) is 6.97. The molecule has 0 fully saturated rings. The zero-order valence-electron chi connectivity index (χ0n) is 8.54. The van der Waals surface area contributed by atoms with Crippen molar-refractivity contribution in [3.05, 3.63) is 53.2 Å². The van der Waals surface area contributed by atoms with E-state index in [1.807, 2.05) is 17.5 Å². The summed E-state index contributed by atoms with van der Waals surface area (Å²) in [5.41, 5.74) is 0.697. The Balaban J connectivity index is 2.22. The molecule has 0 amide bonds. The van der Waals surface area contributed by atoms with E-state index in [0.29, 0.717) is 17.0 Å². The van der Waals surface area contributed by atoms with Gasteiger partial charge in [0.15, 0.2) is 5.78 Å². The molecule has 0 atom stereocenters. The Labute approximate surface area is 130 Å². The lowest BCUT2D eigenvalue weighted by molar-refractivity contribution is 0.0993. The lowest BCUT2D eigenvalue weighted by Crippen LogP contribution is -2.04. The minimum Gasteiger partial charge on any atom is -0.294 e. The molecule has 2 rings (SSSR count). The van der Waals surface area contributed by atoms with Crippen molar-refractivity contribution in [2.45, 2.75) is 6.42 Å². The van der Waals surface area contributed by atoms with Crippen LogP contribution >= 0.6 is 61.5 Å². The number of ketones is 1. The summed E-state index contributed by atoms with van der Waals surface area (Å²) < 4.78 is 1.96. The van der Waals surface area contributed by atoms with Crippen molar-refractivity contribution in [2.75, 3.05) is 0 Å². The summed E-state index contributed by atoms with van der Waals surface area (Å²) >= 11 is 13.0. The second kappa shape index (κ2) is 5.82. The Morgan fingerprint density at radius 1 is 1.41 bits per heavy atom. The summed E-state index contributed by atoms with van der Waals surface area (Å²) in [7, 11) is 0. The molecule has 0 unspecified atom stereocenters. The molecule has 0 aliphatic heterocycles. The van der Waals surface area contributed by atoms with Crippen molar-refractivity contribution < 1.29 is 4.79 Å². The Morgan fingerprint density at radius 3 is 2.82 bits per heavy atom. The molecule has 17 heavy (non-hydrogen) atoms. The third-order valence-corrected chi connectivity index (χ3v) is 5.06. The molecule has 1 nitrogen and oxygen atoms in total. The lowest BCUT2D eigenvalue weighted by atomic mass is 10.1. The number of Topliss-reactive ketones (excluding diaryl/α,β-unsaturated/α-hetero) is 1. The van der Waals surface area contributed by atoms with E-state index in [0.717, 1.165) is 12.9 Å². The molecule has 0 spiro atoms. The number of halogens is 3. The van der Waals surface area contributed by atoms with Crippen LogP contribution in [0.3, 0.4) is 0 Å². The number of hydrogen-bond acceptors (Lipinski definition) is 2. The number of hydrogen-bond donors (Lipinski definition) is 0. The highest BCUT2D eigenvalue weighted by molar-refractivity contribution is 14.1. The SMILES string of the molecule is O=C(Cc1cc(Br)cs1)c1cc(Cl)ccc1I. The fourth-order valence-electron chi connectivity index (χ4n) is 1.41. The highest BCUT2D eigenvalue weighted by Gasteiger charge is 2.12. The molecule has 0 saturated carbocycles. The van der Waals surface area contributed by atoms with Gasteiger partial charge in [-0.1, -0.05) is 11.6 Å². The predicted molar refractivity (Wildman–Crippen MR) is 84.2 cm³/mol. The predicted octanol–water partition coefficient (Wildman–Crippen LogP) is 5.19. The molecule has 88 valence electrons. The van der Waals surface area contributed by atoms with Crippen molar-refractivity contribution >= 4 is 67.2 Å². The molecule has 2 aromatic rings. The number of carbonyl (C=O) groups is 1. The van der Waals surface area contributed by atoms with Gasteiger partial charge in [0.2, 0.25) is 0 Å². The minimum atomic E-state index is 0.103. The second-order valence-electron chi connectivity index (χ2n) is 3.46. The number of carbonyl (C=O) groups excluding carboxylic acids is 1. The highest BCUT2D eigenvalue weighted by atomic mass is 127. The van der Waals surface area contributed by atoms with Crippen LogP contribution in [-0.2, 0) is 6.42 Å². The first-order chi connectivity index (χ1) is 8.06. The molecular formula is C12H7BrClIOS. The Hall–Kier alpha value is 0.0900. The summed E-state index contributed by atoms with van der Waals surface area (Å²) in [5, 5.41) is 2.58. The van der Waals surface area contributed by atoms with E-state index in [1.165, 1.54) is 0 Å². The Kier molecular flexibility index (Phi) is 4.63. The molecule has 1 aromatic carbocycles. The molecule has 1 aromatic heterocycles. The van der Waals surface area contributed by atoms with Gasteiger partial charge in [-0.2, -0.15) is 0 Å².